The van der Waals surface area contributed by atoms with Crippen molar-refractivity contribution in [3.05, 3.63) is 112 Å². The summed E-state index contributed by atoms with van der Waals surface area (Å²) in [6.45, 7) is 9.60. The molecule has 0 saturated carbocycles. The highest BCUT2D eigenvalue weighted by molar-refractivity contribution is 6.00. The van der Waals surface area contributed by atoms with Gasteiger partial charge < -0.3 is 25.6 Å². The molecule has 1 atom stereocenters. The minimum atomic E-state index is -0.324. The van der Waals surface area contributed by atoms with Crippen molar-refractivity contribution in [3.8, 4) is 11.1 Å². The Morgan fingerprint density at radius 3 is 2.40 bits per heavy atom. The molecular weight excluding hydrogens is 732 g/mol. The van der Waals surface area contributed by atoms with Crippen LogP contribution in [0.4, 0.5) is 10.1 Å². The lowest BCUT2D eigenvalue weighted by Crippen LogP contribution is -2.44. The van der Waals surface area contributed by atoms with Crippen LogP contribution in [0.3, 0.4) is 0 Å². The Kier molecular flexibility index (Phi) is 13.5. The highest BCUT2D eigenvalue weighted by Crippen LogP contribution is 2.32. The number of aromatic nitrogens is 3. The number of rotatable bonds is 15. The fourth-order valence-corrected chi connectivity index (χ4v) is 8.33. The van der Waals surface area contributed by atoms with Gasteiger partial charge in [0.15, 0.2) is 5.65 Å². The Balaban J connectivity index is 1.01. The number of nitrogens with zero attached hydrogens (tertiary/aromatic N) is 5. The van der Waals surface area contributed by atoms with Crippen molar-refractivity contribution in [3.63, 3.8) is 0 Å². The second-order valence-electron chi connectivity index (χ2n) is 15.8. The maximum Gasteiger partial charge on any atom is 0.251 e. The van der Waals surface area contributed by atoms with Crippen molar-refractivity contribution in [2.45, 2.75) is 90.6 Å². The van der Waals surface area contributed by atoms with Gasteiger partial charge in [-0.1, -0.05) is 43.7 Å². The Morgan fingerprint density at radius 2 is 1.66 bits per heavy atom. The number of piperidine rings is 1. The average Bonchev–Trinajstić information content (AvgIpc) is 3.66. The molecule has 2 aliphatic rings. The SMILES string of the molecule is CCc1nc2c(cnn2CC)c(NC2CCOCC2)c1CNC(=O)c1cccc(C(=O)NCc2ccc(F)c(-c3cccc(CN4CCCCC4CN(C)C)c3)c2)c1. The van der Waals surface area contributed by atoms with Gasteiger partial charge >= 0.3 is 0 Å². The maximum atomic E-state index is 15.3. The molecule has 2 fully saturated rings. The van der Waals surface area contributed by atoms with E-state index in [-0.39, 0.29) is 36.8 Å². The summed E-state index contributed by atoms with van der Waals surface area (Å²) in [6, 6.07) is 20.6. The van der Waals surface area contributed by atoms with Crippen molar-refractivity contribution >= 4 is 28.5 Å². The van der Waals surface area contributed by atoms with E-state index in [2.05, 4.69) is 64.0 Å². The highest BCUT2D eigenvalue weighted by atomic mass is 19.1. The van der Waals surface area contributed by atoms with Crippen LogP contribution in [0, 0.1) is 5.82 Å². The van der Waals surface area contributed by atoms with Gasteiger partial charge in [0.25, 0.3) is 11.8 Å². The van der Waals surface area contributed by atoms with E-state index in [1.165, 1.54) is 25.3 Å². The van der Waals surface area contributed by atoms with E-state index in [0.29, 0.717) is 48.9 Å². The number of likely N-dealkylation sites (tertiary alicyclic amines) is 1. The molecule has 12 heteroatoms. The van der Waals surface area contributed by atoms with Gasteiger partial charge in [-0.15, -0.1) is 0 Å². The summed E-state index contributed by atoms with van der Waals surface area (Å²) in [6.07, 6.45) is 7.96. The van der Waals surface area contributed by atoms with Crippen LogP contribution < -0.4 is 16.0 Å². The largest absolute Gasteiger partial charge is 0.381 e. The molecule has 2 aliphatic heterocycles. The minimum Gasteiger partial charge on any atom is -0.381 e. The molecule has 2 amide bonds. The molecule has 3 N–H and O–H groups in total. The van der Waals surface area contributed by atoms with Crippen molar-refractivity contribution in [2.75, 3.05) is 45.7 Å². The molecule has 0 bridgehead atoms. The Bertz CT molecular complexity index is 2210. The number of hydrogen-bond acceptors (Lipinski definition) is 8. The van der Waals surface area contributed by atoms with Crippen LogP contribution in [-0.4, -0.2) is 88.9 Å². The summed E-state index contributed by atoms with van der Waals surface area (Å²) in [5.74, 6) is -0.925. The van der Waals surface area contributed by atoms with E-state index < -0.39 is 0 Å². The smallest absolute Gasteiger partial charge is 0.251 e. The van der Waals surface area contributed by atoms with E-state index in [1.54, 1.807) is 30.3 Å². The second kappa shape index (κ2) is 19.1. The van der Waals surface area contributed by atoms with Crippen LogP contribution >= 0.6 is 0 Å². The minimum absolute atomic E-state index is 0.203. The average molecular weight is 789 g/mol. The molecule has 2 saturated heterocycles. The first-order chi connectivity index (χ1) is 28.2. The Labute approximate surface area is 341 Å². The molecule has 0 radical (unpaired) electrons. The van der Waals surface area contributed by atoms with Gasteiger partial charge in [-0.05, 0) is 113 Å². The van der Waals surface area contributed by atoms with E-state index >= 15 is 4.39 Å². The van der Waals surface area contributed by atoms with Gasteiger partial charge in [0, 0.05) is 86.0 Å². The number of hydrogen-bond donors (Lipinski definition) is 3. The van der Waals surface area contributed by atoms with Gasteiger partial charge in [0.2, 0.25) is 0 Å². The zero-order valence-electron chi connectivity index (χ0n) is 34.3. The number of pyridine rings is 1. The molecule has 0 aliphatic carbocycles. The lowest BCUT2D eigenvalue weighted by molar-refractivity contribution is 0.0904. The number of anilines is 1. The third-order valence-electron chi connectivity index (χ3n) is 11.4. The summed E-state index contributed by atoms with van der Waals surface area (Å²) in [4.78, 5) is 36.8. The van der Waals surface area contributed by atoms with Crippen LogP contribution in [0.5, 0.6) is 0 Å². The molecule has 7 rings (SSSR count). The fourth-order valence-electron chi connectivity index (χ4n) is 8.33. The molecular formula is C46H57FN8O3. The van der Waals surface area contributed by atoms with Crippen molar-refractivity contribution in [1.29, 1.82) is 0 Å². The summed E-state index contributed by atoms with van der Waals surface area (Å²) in [7, 11) is 4.24. The number of fused-ring (bicyclic) bond motifs is 1. The zero-order valence-corrected chi connectivity index (χ0v) is 34.3. The van der Waals surface area contributed by atoms with Crippen molar-refractivity contribution in [2.24, 2.45) is 0 Å². The number of amides is 2. The van der Waals surface area contributed by atoms with Crippen molar-refractivity contribution < 1.29 is 18.7 Å². The quantitative estimate of drug-likeness (QED) is 0.102. The predicted octanol–water partition coefficient (Wildman–Crippen LogP) is 7.19. The molecule has 0 spiro atoms. The van der Waals surface area contributed by atoms with E-state index in [9.17, 15) is 9.59 Å². The van der Waals surface area contributed by atoms with Gasteiger partial charge in [-0.2, -0.15) is 5.10 Å². The normalized spacial score (nSPS) is 16.5. The molecule has 5 aromatic rings. The van der Waals surface area contributed by atoms with Gasteiger partial charge in [-0.3, -0.25) is 14.5 Å². The number of carbonyl (C=O) groups is 2. The summed E-state index contributed by atoms with van der Waals surface area (Å²) in [5, 5.41) is 15.3. The van der Waals surface area contributed by atoms with Gasteiger partial charge in [-0.25, -0.2) is 14.1 Å². The van der Waals surface area contributed by atoms with E-state index in [1.807, 2.05) is 36.0 Å². The first-order valence-electron chi connectivity index (χ1n) is 20.8. The topological polar surface area (TPSA) is 117 Å². The number of ether oxygens (including phenoxy) is 1. The lowest BCUT2D eigenvalue weighted by atomic mass is 9.98. The van der Waals surface area contributed by atoms with Gasteiger partial charge in [0.1, 0.15) is 5.82 Å². The summed E-state index contributed by atoms with van der Waals surface area (Å²) < 4.78 is 22.8. The predicted molar refractivity (Wildman–Crippen MR) is 227 cm³/mol. The zero-order chi connectivity index (χ0) is 40.6. The fraction of sp³-hybridized carbons (Fsp3) is 0.435. The number of likely N-dealkylation sites (N-methyl/N-ethyl adjacent to an activating group) is 1. The first kappa shape index (κ1) is 41.0. The van der Waals surface area contributed by atoms with Crippen LogP contribution in [0.2, 0.25) is 0 Å². The van der Waals surface area contributed by atoms with Crippen molar-refractivity contribution in [1.82, 2.24) is 35.2 Å². The monoisotopic (exact) mass is 788 g/mol. The molecule has 3 aromatic carbocycles. The molecule has 2 aromatic heterocycles. The number of halogens is 1. The third kappa shape index (κ3) is 9.74. The van der Waals surface area contributed by atoms with Crippen LogP contribution in [-0.2, 0) is 37.3 Å². The lowest BCUT2D eigenvalue weighted by Gasteiger charge is -2.37. The number of carbonyl (C=O) groups excluding carboxylic acids is 2. The maximum absolute atomic E-state index is 15.3. The molecule has 11 nitrogen and oxygen atoms in total. The molecule has 306 valence electrons. The second-order valence-corrected chi connectivity index (χ2v) is 15.8. The van der Waals surface area contributed by atoms with E-state index in [0.717, 1.165) is 77.1 Å². The van der Waals surface area contributed by atoms with Crippen LogP contribution in [0.15, 0.2) is 72.9 Å². The van der Waals surface area contributed by atoms with E-state index in [4.69, 9.17) is 9.72 Å². The van der Waals surface area contributed by atoms with Crippen LogP contribution in [0.25, 0.3) is 22.2 Å². The third-order valence-corrected chi connectivity index (χ3v) is 11.4. The molecule has 1 unspecified atom stereocenters. The van der Waals surface area contributed by atoms with Crippen LogP contribution in [0.1, 0.15) is 89.1 Å². The highest BCUT2D eigenvalue weighted by Gasteiger charge is 2.24. The number of nitrogens with one attached hydrogen (secondary N) is 3. The number of aryl methyl sites for hydroxylation is 2. The first-order valence-corrected chi connectivity index (χ1v) is 20.8. The summed E-state index contributed by atoms with van der Waals surface area (Å²) in [5.41, 5.74) is 7.58. The summed E-state index contributed by atoms with van der Waals surface area (Å²) >= 11 is 0. The molecule has 4 heterocycles. The Morgan fingerprint density at radius 1 is 0.897 bits per heavy atom. The Hall–Kier alpha value is -5.17. The number of benzene rings is 3. The standard InChI is InChI=1S/C46H57FN8O3/c1-5-42-39(43(51-36-18-21-58-22-19-36)40-28-50-55(6-2)44(40)52-42)27-49-46(57)35-14-10-13-34(25-35)45(56)48-26-31-16-17-41(47)38(24-31)33-12-9-11-32(23-33)29-54-20-8-7-15-37(54)30-53(3)4/h9-14,16-17,23-25,28,36-37H,5-8,15,18-22,26-27,29-30H2,1-4H3,(H,48,56)(H,49,57)(H,51,52). The molecule has 58 heavy (non-hydrogen) atoms. The van der Waals surface area contributed by atoms with Gasteiger partial charge in [0.05, 0.1) is 17.3 Å².